The fourth-order valence-electron chi connectivity index (χ4n) is 1.99. The molecule has 0 aliphatic rings. The second-order valence-corrected chi connectivity index (χ2v) is 4.58. The highest BCUT2D eigenvalue weighted by Gasteiger charge is 2.00. The number of nitrogens with zero attached hydrogens (tertiary/aromatic N) is 2. The minimum Gasteiger partial charge on any atom is -0.494 e. The van der Waals surface area contributed by atoms with E-state index < -0.39 is 0 Å². The van der Waals surface area contributed by atoms with E-state index in [0.29, 0.717) is 6.61 Å². The molecule has 0 atom stereocenters. The van der Waals surface area contributed by atoms with Crippen LogP contribution >= 0.6 is 0 Å². The Morgan fingerprint density at radius 3 is 2.85 bits per heavy atom. The Hall–Kier alpha value is -2.10. The number of ether oxygens (including phenoxy) is 1. The lowest BCUT2D eigenvalue weighted by Crippen LogP contribution is -2.03. The predicted molar refractivity (Wildman–Crippen MR) is 81.0 cm³/mol. The fraction of sp³-hybridized carbons (Fsp3) is 0.375. The molecule has 1 aromatic carbocycles. The van der Waals surface area contributed by atoms with Gasteiger partial charge in [-0.25, -0.2) is 9.97 Å². The van der Waals surface area contributed by atoms with Crippen molar-refractivity contribution in [1.82, 2.24) is 9.97 Å². The van der Waals surface area contributed by atoms with Crippen LogP contribution in [0.5, 0.6) is 5.75 Å². The van der Waals surface area contributed by atoms with Crippen molar-refractivity contribution in [3.63, 3.8) is 0 Å². The van der Waals surface area contributed by atoms with E-state index in [1.54, 1.807) is 6.33 Å². The van der Waals surface area contributed by atoms with Crippen molar-refractivity contribution in [3.8, 4) is 5.75 Å². The van der Waals surface area contributed by atoms with Gasteiger partial charge in [0.05, 0.1) is 6.61 Å². The molecule has 1 aromatic heterocycles. The molecule has 0 saturated carbocycles. The summed E-state index contributed by atoms with van der Waals surface area (Å²) in [5.41, 5.74) is 2.25. The molecule has 0 amide bonds. The average Bonchev–Trinajstić information content (AvgIpc) is 2.47. The van der Waals surface area contributed by atoms with Crippen molar-refractivity contribution >= 4 is 5.82 Å². The summed E-state index contributed by atoms with van der Waals surface area (Å²) in [6.07, 6.45) is 3.69. The molecule has 4 nitrogen and oxygen atoms in total. The Balaban J connectivity index is 1.97. The van der Waals surface area contributed by atoms with Gasteiger partial charge >= 0.3 is 0 Å². The van der Waals surface area contributed by atoms with Crippen LogP contribution < -0.4 is 10.1 Å². The Labute approximate surface area is 120 Å². The van der Waals surface area contributed by atoms with Crippen molar-refractivity contribution in [2.75, 3.05) is 11.9 Å². The molecule has 0 fully saturated rings. The van der Waals surface area contributed by atoms with Crippen LogP contribution in [0.4, 0.5) is 5.82 Å². The molecule has 1 N–H and O–H groups in total. The zero-order valence-electron chi connectivity index (χ0n) is 12.1. The van der Waals surface area contributed by atoms with Gasteiger partial charge in [0.2, 0.25) is 0 Å². The maximum atomic E-state index is 5.50. The molecule has 0 aliphatic carbocycles. The lowest BCUT2D eigenvalue weighted by atomic mass is 10.2. The van der Waals surface area contributed by atoms with Crippen molar-refractivity contribution in [3.05, 3.63) is 47.9 Å². The van der Waals surface area contributed by atoms with E-state index in [1.165, 1.54) is 5.56 Å². The molecule has 20 heavy (non-hydrogen) atoms. The summed E-state index contributed by atoms with van der Waals surface area (Å²) < 4.78 is 5.50. The largest absolute Gasteiger partial charge is 0.494 e. The zero-order valence-corrected chi connectivity index (χ0v) is 12.1. The molecule has 0 aliphatic heterocycles. The molecule has 1 heterocycles. The van der Waals surface area contributed by atoms with Gasteiger partial charge in [-0.2, -0.15) is 0 Å². The molecule has 0 spiro atoms. The topological polar surface area (TPSA) is 47.0 Å². The number of aromatic nitrogens is 2. The van der Waals surface area contributed by atoms with Crippen LogP contribution in [0.2, 0.25) is 0 Å². The van der Waals surface area contributed by atoms with Crippen LogP contribution in [0.1, 0.15) is 31.5 Å². The van der Waals surface area contributed by atoms with Crippen LogP contribution in [-0.4, -0.2) is 16.6 Å². The van der Waals surface area contributed by atoms with Crippen LogP contribution in [-0.2, 0) is 13.0 Å². The number of anilines is 1. The van der Waals surface area contributed by atoms with Gasteiger partial charge in [-0.3, -0.25) is 0 Å². The first-order valence-corrected chi connectivity index (χ1v) is 7.08. The summed E-state index contributed by atoms with van der Waals surface area (Å²) in [4.78, 5) is 8.49. The fourth-order valence-corrected chi connectivity index (χ4v) is 1.99. The van der Waals surface area contributed by atoms with Crippen LogP contribution in [0.25, 0.3) is 0 Å². The number of benzene rings is 1. The summed E-state index contributed by atoms with van der Waals surface area (Å²) >= 11 is 0. The number of nitrogens with one attached hydrogen (secondary N) is 1. The molecular formula is C16H21N3O. The Bertz CT molecular complexity index is 493. The van der Waals surface area contributed by atoms with Crippen LogP contribution in [0, 0.1) is 0 Å². The number of aryl methyl sites for hydroxylation is 1. The highest BCUT2D eigenvalue weighted by molar-refractivity contribution is 5.37. The zero-order chi connectivity index (χ0) is 14.2. The SMILES string of the molecule is CCCc1cc(NCc2cccc(OCC)c2)ncn1. The van der Waals surface area contributed by atoms with Gasteiger partial charge in [0, 0.05) is 18.3 Å². The summed E-state index contributed by atoms with van der Waals surface area (Å²) in [5.74, 6) is 1.77. The highest BCUT2D eigenvalue weighted by atomic mass is 16.5. The maximum absolute atomic E-state index is 5.50. The lowest BCUT2D eigenvalue weighted by Gasteiger charge is -2.08. The van der Waals surface area contributed by atoms with E-state index in [1.807, 2.05) is 31.2 Å². The minimum atomic E-state index is 0.684. The summed E-state index contributed by atoms with van der Waals surface area (Å²) in [5, 5.41) is 3.32. The van der Waals surface area contributed by atoms with Gasteiger partial charge in [0.15, 0.2) is 0 Å². The first-order chi connectivity index (χ1) is 9.81. The number of rotatable bonds is 7. The molecule has 0 radical (unpaired) electrons. The Morgan fingerprint density at radius 2 is 2.05 bits per heavy atom. The second-order valence-electron chi connectivity index (χ2n) is 4.58. The molecule has 4 heteroatoms. The van der Waals surface area contributed by atoms with Gasteiger partial charge < -0.3 is 10.1 Å². The van der Waals surface area contributed by atoms with Gasteiger partial charge in [-0.15, -0.1) is 0 Å². The van der Waals surface area contributed by atoms with Crippen LogP contribution in [0.3, 0.4) is 0 Å². The van der Waals surface area contributed by atoms with Gasteiger partial charge in [0.1, 0.15) is 17.9 Å². The molecule has 0 bridgehead atoms. The maximum Gasteiger partial charge on any atom is 0.129 e. The van der Waals surface area contributed by atoms with E-state index in [4.69, 9.17) is 4.74 Å². The van der Waals surface area contributed by atoms with E-state index >= 15 is 0 Å². The van der Waals surface area contributed by atoms with Gasteiger partial charge in [-0.05, 0) is 31.0 Å². The van der Waals surface area contributed by atoms with E-state index in [0.717, 1.165) is 36.6 Å². The molecule has 0 saturated heterocycles. The summed E-state index contributed by atoms with van der Waals surface area (Å²) in [6.45, 7) is 5.54. The number of hydrogen-bond donors (Lipinski definition) is 1. The predicted octanol–water partition coefficient (Wildman–Crippen LogP) is 3.44. The monoisotopic (exact) mass is 271 g/mol. The summed E-state index contributed by atoms with van der Waals surface area (Å²) in [6, 6.07) is 10.1. The van der Waals surface area contributed by atoms with Crippen molar-refractivity contribution in [2.45, 2.75) is 33.2 Å². The van der Waals surface area contributed by atoms with E-state index in [2.05, 4.69) is 28.3 Å². The normalized spacial score (nSPS) is 10.3. The van der Waals surface area contributed by atoms with Crippen LogP contribution in [0.15, 0.2) is 36.7 Å². The third-order valence-corrected chi connectivity index (χ3v) is 2.91. The third-order valence-electron chi connectivity index (χ3n) is 2.91. The molecule has 2 rings (SSSR count). The second kappa shape index (κ2) is 7.48. The van der Waals surface area contributed by atoms with Crippen molar-refractivity contribution in [1.29, 1.82) is 0 Å². The first kappa shape index (κ1) is 14.3. The Kier molecular flexibility index (Phi) is 5.35. The molecule has 2 aromatic rings. The third kappa shape index (κ3) is 4.23. The standard InChI is InChI=1S/C16H21N3O/c1-3-6-14-10-16(19-12-18-14)17-11-13-7-5-8-15(9-13)20-4-2/h5,7-10,12H,3-4,6,11H2,1-2H3,(H,17,18,19). The minimum absolute atomic E-state index is 0.684. The van der Waals surface area contributed by atoms with Gasteiger partial charge in [0.25, 0.3) is 0 Å². The molecule has 0 unspecified atom stereocenters. The van der Waals surface area contributed by atoms with Crippen molar-refractivity contribution in [2.24, 2.45) is 0 Å². The summed E-state index contributed by atoms with van der Waals surface area (Å²) in [7, 11) is 0. The molecule has 106 valence electrons. The van der Waals surface area contributed by atoms with Gasteiger partial charge in [-0.1, -0.05) is 25.5 Å². The first-order valence-electron chi connectivity index (χ1n) is 7.08. The smallest absolute Gasteiger partial charge is 0.129 e. The lowest BCUT2D eigenvalue weighted by molar-refractivity contribution is 0.340. The molecular weight excluding hydrogens is 250 g/mol. The average molecular weight is 271 g/mol. The van der Waals surface area contributed by atoms with Crippen molar-refractivity contribution < 1.29 is 4.74 Å². The van der Waals surface area contributed by atoms with E-state index in [9.17, 15) is 0 Å². The Morgan fingerprint density at radius 1 is 1.15 bits per heavy atom. The van der Waals surface area contributed by atoms with E-state index in [-0.39, 0.29) is 0 Å². The number of hydrogen-bond acceptors (Lipinski definition) is 4. The highest BCUT2D eigenvalue weighted by Crippen LogP contribution is 2.14. The quantitative estimate of drug-likeness (QED) is 0.838.